The number of hydrogen-bond acceptors (Lipinski definition) is 5. The third-order valence-corrected chi connectivity index (χ3v) is 6.18. The molecule has 0 aliphatic carbocycles. The third-order valence-electron chi connectivity index (χ3n) is 1.90. The first-order valence-corrected chi connectivity index (χ1v) is 9.31. The molecule has 2 N–H and O–H groups in total. The van der Waals surface area contributed by atoms with Crippen LogP contribution in [0.25, 0.3) is 0 Å². The van der Waals surface area contributed by atoms with Gasteiger partial charge in [0.2, 0.25) is 10.0 Å². The molecule has 0 aliphatic rings. The zero-order chi connectivity index (χ0) is 13.6. The molecule has 4 nitrogen and oxygen atoms in total. The van der Waals surface area contributed by atoms with Crippen molar-refractivity contribution in [3.05, 3.63) is 14.7 Å². The Balaban J connectivity index is 2.43. The number of rotatable bonds is 8. The lowest BCUT2D eigenvalue weighted by Crippen LogP contribution is -2.26. The topological polar surface area (TPSA) is 66.4 Å². The van der Waals surface area contributed by atoms with E-state index in [1.807, 2.05) is 0 Å². The van der Waals surface area contributed by atoms with Crippen LogP contribution in [0.15, 0.2) is 11.0 Å². The van der Waals surface area contributed by atoms with Crippen LogP contribution in [0.5, 0.6) is 0 Å². The third kappa shape index (κ3) is 5.24. The van der Waals surface area contributed by atoms with Crippen LogP contribution in [0.1, 0.15) is 6.42 Å². The Bertz CT molecular complexity index is 475. The summed E-state index contributed by atoms with van der Waals surface area (Å²) in [7, 11) is -3.58. The van der Waals surface area contributed by atoms with E-state index in [0.29, 0.717) is 23.1 Å². The second-order valence-corrected chi connectivity index (χ2v) is 8.52. The van der Waals surface area contributed by atoms with Crippen LogP contribution in [-0.2, 0) is 10.0 Å². The lowest BCUT2D eigenvalue weighted by atomic mass is 10.5. The molecule has 18 heavy (non-hydrogen) atoms. The SMILES string of the molecule is O=S(=O)(NCCSCCCO)c1cc(Cl)sc1Cl. The zero-order valence-electron chi connectivity index (χ0n) is 9.36. The molecule has 0 spiro atoms. The van der Waals surface area contributed by atoms with E-state index in [2.05, 4.69) is 4.72 Å². The van der Waals surface area contributed by atoms with E-state index in [0.717, 1.165) is 17.1 Å². The van der Waals surface area contributed by atoms with Crippen molar-refractivity contribution >= 4 is 56.3 Å². The Morgan fingerprint density at radius 1 is 1.39 bits per heavy atom. The largest absolute Gasteiger partial charge is 0.396 e. The molecule has 0 saturated heterocycles. The van der Waals surface area contributed by atoms with Crippen LogP contribution in [0.3, 0.4) is 0 Å². The van der Waals surface area contributed by atoms with Gasteiger partial charge in [0, 0.05) is 18.9 Å². The van der Waals surface area contributed by atoms with Crippen molar-refractivity contribution in [3.8, 4) is 0 Å². The maximum Gasteiger partial charge on any atom is 0.242 e. The van der Waals surface area contributed by atoms with Gasteiger partial charge in [-0.25, -0.2) is 13.1 Å². The molecule has 9 heteroatoms. The number of nitrogens with one attached hydrogen (secondary N) is 1. The number of sulfonamides is 1. The van der Waals surface area contributed by atoms with Crippen LogP contribution >= 0.6 is 46.3 Å². The highest BCUT2D eigenvalue weighted by atomic mass is 35.5. The van der Waals surface area contributed by atoms with Crippen LogP contribution in [0.2, 0.25) is 8.67 Å². The molecule has 1 aromatic heterocycles. The van der Waals surface area contributed by atoms with Gasteiger partial charge >= 0.3 is 0 Å². The van der Waals surface area contributed by atoms with Crippen LogP contribution < -0.4 is 4.72 Å². The molecule has 0 unspecified atom stereocenters. The van der Waals surface area contributed by atoms with Gasteiger partial charge in [0.1, 0.15) is 9.23 Å². The monoisotopic (exact) mass is 349 g/mol. The second kappa shape index (κ2) is 7.94. The van der Waals surface area contributed by atoms with Crippen molar-refractivity contribution in [2.45, 2.75) is 11.3 Å². The van der Waals surface area contributed by atoms with Gasteiger partial charge in [-0.2, -0.15) is 11.8 Å². The van der Waals surface area contributed by atoms with E-state index < -0.39 is 10.0 Å². The smallest absolute Gasteiger partial charge is 0.242 e. The quantitative estimate of drug-likeness (QED) is 0.707. The Kier molecular flexibility index (Phi) is 7.30. The summed E-state index contributed by atoms with van der Waals surface area (Å²) in [6.07, 6.45) is 0.712. The molecule has 0 aromatic carbocycles. The maximum absolute atomic E-state index is 11.9. The van der Waals surface area contributed by atoms with Crippen LogP contribution in [0, 0.1) is 0 Å². The average molecular weight is 350 g/mol. The molecule has 1 aromatic rings. The van der Waals surface area contributed by atoms with E-state index in [9.17, 15) is 8.42 Å². The Morgan fingerprint density at radius 2 is 2.11 bits per heavy atom. The minimum Gasteiger partial charge on any atom is -0.396 e. The number of aliphatic hydroxyl groups is 1. The molecular formula is C9H13Cl2NO3S3. The predicted octanol–water partition coefficient (Wildman–Crippen LogP) is 2.45. The van der Waals surface area contributed by atoms with Crippen molar-refractivity contribution in [2.24, 2.45) is 0 Å². The summed E-state index contributed by atoms with van der Waals surface area (Å²) in [5, 5.41) is 8.58. The fraction of sp³-hybridized carbons (Fsp3) is 0.556. The predicted molar refractivity (Wildman–Crippen MR) is 78.6 cm³/mol. The summed E-state index contributed by atoms with van der Waals surface area (Å²) in [6, 6.07) is 1.34. The highest BCUT2D eigenvalue weighted by Crippen LogP contribution is 2.33. The first-order chi connectivity index (χ1) is 8.47. The van der Waals surface area contributed by atoms with Crippen LogP contribution in [-0.4, -0.2) is 38.2 Å². The van der Waals surface area contributed by atoms with Gasteiger partial charge in [0.05, 0.1) is 4.34 Å². The molecule has 1 rings (SSSR count). The lowest BCUT2D eigenvalue weighted by molar-refractivity contribution is 0.296. The minimum atomic E-state index is -3.58. The Labute approximate surface area is 125 Å². The van der Waals surface area contributed by atoms with Gasteiger partial charge in [-0.05, 0) is 18.2 Å². The van der Waals surface area contributed by atoms with Gasteiger partial charge in [0.15, 0.2) is 0 Å². The normalized spacial score (nSPS) is 11.9. The van der Waals surface area contributed by atoms with Crippen LogP contribution in [0.4, 0.5) is 0 Å². The number of thioether (sulfide) groups is 1. The fourth-order valence-corrected chi connectivity index (χ4v) is 5.20. The van der Waals surface area contributed by atoms with Gasteiger partial charge in [-0.3, -0.25) is 0 Å². The summed E-state index contributed by atoms with van der Waals surface area (Å²) < 4.78 is 26.7. The van der Waals surface area contributed by atoms with Gasteiger partial charge in [0.25, 0.3) is 0 Å². The van der Waals surface area contributed by atoms with Crippen molar-refractivity contribution in [1.29, 1.82) is 0 Å². The standard InChI is InChI=1S/C9H13Cl2NO3S3/c10-8-6-7(9(11)17-8)18(14,15)12-2-5-16-4-1-3-13/h6,12-13H,1-5H2. The van der Waals surface area contributed by atoms with E-state index in [4.69, 9.17) is 28.3 Å². The number of aliphatic hydroxyl groups excluding tert-OH is 1. The molecule has 0 fully saturated rings. The summed E-state index contributed by atoms with van der Waals surface area (Å²) in [5.41, 5.74) is 0. The van der Waals surface area contributed by atoms with E-state index in [1.165, 1.54) is 6.07 Å². The first kappa shape index (κ1) is 16.6. The van der Waals surface area contributed by atoms with E-state index in [1.54, 1.807) is 11.8 Å². The van der Waals surface area contributed by atoms with Gasteiger partial charge in [-0.1, -0.05) is 23.2 Å². The Morgan fingerprint density at radius 3 is 2.67 bits per heavy atom. The molecule has 0 bridgehead atoms. The van der Waals surface area contributed by atoms with E-state index in [-0.39, 0.29) is 15.8 Å². The Hall–Kier alpha value is 0.500. The molecule has 0 atom stereocenters. The first-order valence-electron chi connectivity index (χ1n) is 5.10. The van der Waals surface area contributed by atoms with Crippen molar-refractivity contribution in [2.75, 3.05) is 24.7 Å². The molecule has 104 valence electrons. The molecule has 0 aliphatic heterocycles. The minimum absolute atomic E-state index is 0.0273. The van der Waals surface area contributed by atoms with Crippen molar-refractivity contribution in [3.63, 3.8) is 0 Å². The summed E-state index contributed by atoms with van der Waals surface area (Å²) >= 11 is 14.1. The van der Waals surface area contributed by atoms with Gasteiger partial charge < -0.3 is 5.11 Å². The molecule has 0 saturated carbocycles. The highest BCUT2D eigenvalue weighted by molar-refractivity contribution is 7.99. The zero-order valence-corrected chi connectivity index (χ0v) is 13.3. The number of hydrogen-bond donors (Lipinski definition) is 2. The number of halogens is 2. The second-order valence-electron chi connectivity index (χ2n) is 3.28. The molecule has 0 radical (unpaired) electrons. The summed E-state index contributed by atoms with van der Waals surface area (Å²) in [5.74, 6) is 1.46. The highest BCUT2D eigenvalue weighted by Gasteiger charge is 2.20. The number of thiophene rings is 1. The van der Waals surface area contributed by atoms with Gasteiger partial charge in [-0.15, -0.1) is 11.3 Å². The summed E-state index contributed by atoms with van der Waals surface area (Å²) in [6.45, 7) is 0.476. The van der Waals surface area contributed by atoms with E-state index >= 15 is 0 Å². The lowest BCUT2D eigenvalue weighted by Gasteiger charge is -2.05. The molecule has 0 amide bonds. The average Bonchev–Trinajstić information content (AvgIpc) is 2.63. The summed E-state index contributed by atoms with van der Waals surface area (Å²) in [4.78, 5) is 0.0273. The fourth-order valence-electron chi connectivity index (χ4n) is 1.10. The van der Waals surface area contributed by atoms with Crippen molar-refractivity contribution < 1.29 is 13.5 Å². The molecular weight excluding hydrogens is 337 g/mol. The van der Waals surface area contributed by atoms with Crippen molar-refractivity contribution in [1.82, 2.24) is 4.72 Å². The molecule has 1 heterocycles. The maximum atomic E-state index is 11.9.